The van der Waals surface area contributed by atoms with Gasteiger partial charge in [0.05, 0.1) is 6.07 Å². The Morgan fingerprint density at radius 2 is 2.50 bits per heavy atom. The lowest BCUT2D eigenvalue weighted by molar-refractivity contribution is 0.320. The number of rotatable bonds is 3. The number of nitrogens with zero attached hydrogens (tertiary/aromatic N) is 2. The summed E-state index contributed by atoms with van der Waals surface area (Å²) in [6.07, 6.45) is 1.43. The fourth-order valence-corrected chi connectivity index (χ4v) is 1.04. The molecule has 0 aromatic carbocycles. The van der Waals surface area contributed by atoms with E-state index in [0.29, 0.717) is 11.5 Å². The second-order valence-electron chi connectivity index (χ2n) is 1.73. The summed E-state index contributed by atoms with van der Waals surface area (Å²) in [5, 5.41) is 20.0. The van der Waals surface area contributed by atoms with Gasteiger partial charge in [0.1, 0.15) is 5.04 Å². The van der Waals surface area contributed by atoms with Gasteiger partial charge in [0.15, 0.2) is 0 Å². The van der Waals surface area contributed by atoms with Gasteiger partial charge in [-0.2, -0.15) is 5.26 Å². The van der Waals surface area contributed by atoms with Gasteiger partial charge >= 0.3 is 0 Å². The molecule has 0 amide bonds. The maximum absolute atomic E-state index is 8.19. The van der Waals surface area contributed by atoms with E-state index in [1.165, 1.54) is 11.8 Å². The molecule has 0 atom stereocenters. The van der Waals surface area contributed by atoms with Crippen LogP contribution in [0.2, 0.25) is 0 Å². The van der Waals surface area contributed by atoms with Crippen LogP contribution in [0.5, 0.6) is 0 Å². The second-order valence-corrected chi connectivity index (χ2v) is 3.02. The minimum atomic E-state index is 0.575. The molecule has 0 spiro atoms. The number of thioether (sulfide) groups is 1. The largest absolute Gasteiger partial charge is 0.410 e. The topological polar surface area (TPSA) is 56.4 Å². The number of nitriles is 1. The van der Waals surface area contributed by atoms with Crippen LogP contribution in [-0.2, 0) is 0 Å². The molecule has 4 heteroatoms. The highest BCUT2D eigenvalue weighted by Gasteiger charge is 1.91. The Labute approximate surface area is 64.7 Å². The molecular formula is C6H10N2OS. The fraction of sp³-hybridized carbons (Fsp3) is 0.667. The van der Waals surface area contributed by atoms with E-state index in [9.17, 15) is 0 Å². The van der Waals surface area contributed by atoms with Gasteiger partial charge in [-0.25, -0.2) is 0 Å². The first-order valence-electron chi connectivity index (χ1n) is 2.99. The monoisotopic (exact) mass is 158 g/mol. The Bertz CT molecular complexity index is 150. The standard InChI is InChI=1S/C6H10N2OS/c1-6(8-9)10-5-3-2-4-7/h9H,2-3,5H2,1H3. The van der Waals surface area contributed by atoms with Crippen molar-refractivity contribution in [3.05, 3.63) is 0 Å². The van der Waals surface area contributed by atoms with E-state index >= 15 is 0 Å². The summed E-state index contributed by atoms with van der Waals surface area (Å²) >= 11 is 1.47. The van der Waals surface area contributed by atoms with Crippen molar-refractivity contribution >= 4 is 16.8 Å². The molecule has 0 rings (SSSR count). The summed E-state index contributed by atoms with van der Waals surface area (Å²) in [5.41, 5.74) is 0. The van der Waals surface area contributed by atoms with Gasteiger partial charge in [0.25, 0.3) is 0 Å². The molecule has 10 heavy (non-hydrogen) atoms. The van der Waals surface area contributed by atoms with Crippen molar-refractivity contribution in [3.8, 4) is 6.07 Å². The average Bonchev–Trinajstić information content (AvgIpc) is 1.98. The molecule has 0 aliphatic carbocycles. The normalized spacial score (nSPS) is 11.0. The van der Waals surface area contributed by atoms with Crippen molar-refractivity contribution < 1.29 is 5.21 Å². The van der Waals surface area contributed by atoms with Crippen LogP contribution in [0.3, 0.4) is 0 Å². The van der Waals surface area contributed by atoms with Crippen molar-refractivity contribution in [1.29, 1.82) is 5.26 Å². The van der Waals surface area contributed by atoms with Gasteiger partial charge < -0.3 is 5.21 Å². The third-order valence-electron chi connectivity index (χ3n) is 0.885. The Hall–Kier alpha value is -0.690. The molecule has 0 aliphatic rings. The van der Waals surface area contributed by atoms with Gasteiger partial charge in [0.2, 0.25) is 0 Å². The maximum atomic E-state index is 8.19. The molecule has 0 aromatic heterocycles. The second kappa shape index (κ2) is 6.43. The lowest BCUT2D eigenvalue weighted by Gasteiger charge is -1.93. The molecule has 0 fully saturated rings. The minimum absolute atomic E-state index is 0.575. The van der Waals surface area contributed by atoms with Crippen LogP contribution in [0.15, 0.2) is 5.16 Å². The first-order chi connectivity index (χ1) is 4.81. The van der Waals surface area contributed by atoms with Gasteiger partial charge in [-0.1, -0.05) is 5.16 Å². The van der Waals surface area contributed by atoms with Gasteiger partial charge in [0, 0.05) is 12.2 Å². The third-order valence-corrected chi connectivity index (χ3v) is 1.88. The zero-order valence-electron chi connectivity index (χ0n) is 5.87. The fourth-order valence-electron chi connectivity index (χ4n) is 0.400. The number of oxime groups is 1. The van der Waals surface area contributed by atoms with Crippen molar-refractivity contribution in [1.82, 2.24) is 0 Å². The van der Waals surface area contributed by atoms with E-state index in [-0.39, 0.29) is 0 Å². The lowest BCUT2D eigenvalue weighted by Crippen LogP contribution is -1.86. The number of hydrogen-bond donors (Lipinski definition) is 1. The zero-order chi connectivity index (χ0) is 7.82. The summed E-state index contributed by atoms with van der Waals surface area (Å²) in [6, 6.07) is 2.04. The Morgan fingerprint density at radius 1 is 1.80 bits per heavy atom. The van der Waals surface area contributed by atoms with Crippen LogP contribution in [0, 0.1) is 11.3 Å². The van der Waals surface area contributed by atoms with Crippen molar-refractivity contribution in [3.63, 3.8) is 0 Å². The van der Waals surface area contributed by atoms with E-state index in [2.05, 4.69) is 5.16 Å². The molecule has 0 heterocycles. The number of hydrogen-bond acceptors (Lipinski definition) is 4. The van der Waals surface area contributed by atoms with E-state index in [1.807, 2.05) is 6.07 Å². The molecule has 0 aliphatic heterocycles. The van der Waals surface area contributed by atoms with Gasteiger partial charge in [-0.3, -0.25) is 0 Å². The predicted octanol–water partition coefficient (Wildman–Crippen LogP) is 1.83. The molecule has 56 valence electrons. The molecular weight excluding hydrogens is 148 g/mol. The molecule has 0 saturated heterocycles. The van der Waals surface area contributed by atoms with Crippen LogP contribution < -0.4 is 0 Å². The summed E-state index contributed by atoms with van der Waals surface area (Å²) in [6.45, 7) is 1.73. The summed E-state index contributed by atoms with van der Waals surface area (Å²) in [7, 11) is 0. The highest BCUT2D eigenvalue weighted by atomic mass is 32.2. The lowest BCUT2D eigenvalue weighted by atomic mass is 10.4. The third kappa shape index (κ3) is 5.45. The van der Waals surface area contributed by atoms with Crippen LogP contribution in [0.25, 0.3) is 0 Å². The highest BCUT2D eigenvalue weighted by Crippen LogP contribution is 2.05. The first-order valence-corrected chi connectivity index (χ1v) is 3.98. The molecule has 0 radical (unpaired) electrons. The van der Waals surface area contributed by atoms with Crippen LogP contribution in [0.1, 0.15) is 19.8 Å². The van der Waals surface area contributed by atoms with Crippen LogP contribution >= 0.6 is 11.8 Å². The van der Waals surface area contributed by atoms with E-state index in [1.54, 1.807) is 6.92 Å². The molecule has 0 aromatic rings. The summed E-state index contributed by atoms with van der Waals surface area (Å²) in [4.78, 5) is 0. The van der Waals surface area contributed by atoms with Gasteiger partial charge in [-0.15, -0.1) is 11.8 Å². The van der Waals surface area contributed by atoms with Crippen molar-refractivity contribution in [2.75, 3.05) is 5.75 Å². The predicted molar refractivity (Wildman–Crippen MR) is 42.2 cm³/mol. The van der Waals surface area contributed by atoms with Crippen molar-refractivity contribution in [2.24, 2.45) is 5.16 Å². The molecule has 1 N–H and O–H groups in total. The van der Waals surface area contributed by atoms with E-state index < -0.39 is 0 Å². The molecule has 0 unspecified atom stereocenters. The number of unbranched alkanes of at least 4 members (excludes halogenated alkanes) is 1. The van der Waals surface area contributed by atoms with Crippen molar-refractivity contribution in [2.45, 2.75) is 19.8 Å². The smallest absolute Gasteiger partial charge is 0.109 e. The maximum Gasteiger partial charge on any atom is 0.109 e. The molecule has 0 saturated carbocycles. The van der Waals surface area contributed by atoms with Gasteiger partial charge in [-0.05, 0) is 13.3 Å². The summed E-state index contributed by atoms with van der Waals surface area (Å²) < 4.78 is 0. The Balaban J connectivity index is 3.14. The van der Waals surface area contributed by atoms with Crippen LogP contribution in [-0.4, -0.2) is 16.0 Å². The SMILES string of the molecule is CC(=NO)SCCCC#N. The first kappa shape index (κ1) is 9.31. The molecule has 3 nitrogen and oxygen atoms in total. The Kier molecular flexibility index (Phi) is 5.99. The minimum Gasteiger partial charge on any atom is -0.410 e. The van der Waals surface area contributed by atoms with E-state index in [4.69, 9.17) is 10.5 Å². The zero-order valence-corrected chi connectivity index (χ0v) is 6.69. The highest BCUT2D eigenvalue weighted by molar-refractivity contribution is 8.13. The molecule has 0 bridgehead atoms. The average molecular weight is 158 g/mol. The Morgan fingerprint density at radius 3 is 3.00 bits per heavy atom. The summed E-state index contributed by atoms with van der Waals surface area (Å²) in [5.74, 6) is 0.851. The van der Waals surface area contributed by atoms with Crippen LogP contribution in [0.4, 0.5) is 0 Å². The quantitative estimate of drug-likeness (QED) is 0.224. The van der Waals surface area contributed by atoms with E-state index in [0.717, 1.165) is 12.2 Å².